The lowest BCUT2D eigenvalue weighted by atomic mass is 10.1. The maximum absolute atomic E-state index is 6.34. The Hall–Kier alpha value is -1.72. The van der Waals surface area contributed by atoms with Crippen LogP contribution in [0.1, 0.15) is 12.0 Å². The molecule has 1 aliphatic rings. The number of rotatable bonds is 3. The van der Waals surface area contributed by atoms with Gasteiger partial charge in [0.05, 0.1) is 12.1 Å². The highest BCUT2D eigenvalue weighted by Crippen LogP contribution is 2.32. The van der Waals surface area contributed by atoms with Crippen molar-refractivity contribution in [1.82, 2.24) is 14.8 Å². The lowest BCUT2D eigenvalue weighted by Crippen LogP contribution is -2.35. The van der Waals surface area contributed by atoms with Crippen molar-refractivity contribution < 1.29 is 4.74 Å². The molecule has 0 radical (unpaired) electrons. The highest BCUT2D eigenvalue weighted by atomic mass is 32.1. The zero-order valence-electron chi connectivity index (χ0n) is 13.2. The molecule has 0 bridgehead atoms. The first-order valence-electron chi connectivity index (χ1n) is 7.51. The average molecular weight is 315 g/mol. The van der Waals surface area contributed by atoms with Crippen molar-refractivity contribution in [3.63, 3.8) is 0 Å². The number of pyridine rings is 1. The van der Waals surface area contributed by atoms with E-state index < -0.39 is 0 Å². The van der Waals surface area contributed by atoms with Gasteiger partial charge < -0.3 is 14.5 Å². The summed E-state index contributed by atoms with van der Waals surface area (Å²) in [6.45, 7) is 1.79. The van der Waals surface area contributed by atoms with E-state index in [0.29, 0.717) is 0 Å². The van der Waals surface area contributed by atoms with E-state index in [2.05, 4.69) is 41.0 Å². The second kappa shape index (κ2) is 6.18. The van der Waals surface area contributed by atoms with Gasteiger partial charge in [0.25, 0.3) is 0 Å². The van der Waals surface area contributed by atoms with E-state index in [9.17, 15) is 0 Å². The number of aromatic nitrogens is 1. The van der Waals surface area contributed by atoms with Crippen molar-refractivity contribution in [2.24, 2.45) is 0 Å². The number of benzene rings is 1. The van der Waals surface area contributed by atoms with Gasteiger partial charge in [-0.05, 0) is 32.6 Å². The van der Waals surface area contributed by atoms with E-state index in [1.54, 1.807) is 6.20 Å². The fourth-order valence-corrected chi connectivity index (χ4v) is 2.99. The van der Waals surface area contributed by atoms with Gasteiger partial charge in [-0.1, -0.05) is 24.4 Å². The molecule has 2 heterocycles. The minimum Gasteiger partial charge on any atom is -0.485 e. The van der Waals surface area contributed by atoms with Gasteiger partial charge in [0.15, 0.2) is 5.75 Å². The molecule has 5 heteroatoms. The standard InChI is InChI=1S/C17H21N3OS/c1-19(2)10-8-13-11-20(3)17(22)14-7-6-12-5-4-9-18-15(12)16(14)21-13/h4-7,9,13H,8,10-11H2,1-3H3. The SMILES string of the molecule is CN(C)CCC1CN(C)C(=S)c2ccc3cccnc3c2O1. The number of hydrogen-bond acceptors (Lipinski definition) is 4. The maximum Gasteiger partial charge on any atom is 0.156 e. The molecule has 22 heavy (non-hydrogen) atoms. The predicted molar refractivity (Wildman–Crippen MR) is 93.7 cm³/mol. The van der Waals surface area contributed by atoms with Gasteiger partial charge in [-0.25, -0.2) is 0 Å². The molecule has 0 spiro atoms. The van der Waals surface area contributed by atoms with Crippen molar-refractivity contribution in [3.8, 4) is 5.75 Å². The Bertz CT molecular complexity index is 701. The third-order valence-electron chi connectivity index (χ3n) is 3.97. The monoisotopic (exact) mass is 315 g/mol. The predicted octanol–water partition coefficient (Wildman–Crippen LogP) is 2.55. The van der Waals surface area contributed by atoms with Crippen LogP contribution in [-0.2, 0) is 0 Å². The van der Waals surface area contributed by atoms with Crippen LogP contribution < -0.4 is 4.74 Å². The molecule has 1 aliphatic heterocycles. The van der Waals surface area contributed by atoms with E-state index >= 15 is 0 Å². The molecule has 4 nitrogen and oxygen atoms in total. The van der Waals surface area contributed by atoms with Gasteiger partial charge in [0, 0.05) is 25.2 Å². The smallest absolute Gasteiger partial charge is 0.156 e. The lowest BCUT2D eigenvalue weighted by molar-refractivity contribution is 0.161. The van der Waals surface area contributed by atoms with Gasteiger partial charge in [0.1, 0.15) is 16.6 Å². The maximum atomic E-state index is 6.34. The Labute approximate surface area is 136 Å². The van der Waals surface area contributed by atoms with Crippen LogP contribution >= 0.6 is 12.2 Å². The number of hydrogen-bond donors (Lipinski definition) is 0. The summed E-state index contributed by atoms with van der Waals surface area (Å²) in [6, 6.07) is 8.11. The molecule has 1 unspecified atom stereocenters. The fourth-order valence-electron chi connectivity index (χ4n) is 2.76. The zero-order chi connectivity index (χ0) is 15.7. The van der Waals surface area contributed by atoms with E-state index in [-0.39, 0.29) is 6.10 Å². The number of nitrogens with zero attached hydrogens (tertiary/aromatic N) is 3. The second-order valence-electron chi connectivity index (χ2n) is 6.03. The summed E-state index contributed by atoms with van der Waals surface area (Å²) in [4.78, 5) is 9.62. The molecule has 2 aromatic rings. The Kier molecular flexibility index (Phi) is 4.27. The summed E-state index contributed by atoms with van der Waals surface area (Å²) in [5, 5.41) is 1.08. The molecule has 0 saturated carbocycles. The minimum absolute atomic E-state index is 0.110. The molecule has 0 fully saturated rings. The number of ether oxygens (including phenoxy) is 1. The number of fused-ring (bicyclic) bond motifs is 3. The van der Waals surface area contributed by atoms with Crippen molar-refractivity contribution in [2.75, 3.05) is 34.2 Å². The largest absolute Gasteiger partial charge is 0.485 e. The van der Waals surface area contributed by atoms with Crippen LogP contribution in [0, 0.1) is 0 Å². The van der Waals surface area contributed by atoms with Crippen LogP contribution in [0.4, 0.5) is 0 Å². The average Bonchev–Trinajstić information content (AvgIpc) is 2.63. The lowest BCUT2D eigenvalue weighted by Gasteiger charge is -2.23. The summed E-state index contributed by atoms with van der Waals surface area (Å²) in [5.41, 5.74) is 1.86. The van der Waals surface area contributed by atoms with E-state index in [1.807, 2.05) is 19.2 Å². The molecular formula is C17H21N3OS. The number of thiocarbonyl (C=S) groups is 1. The molecular weight excluding hydrogens is 294 g/mol. The molecule has 1 aromatic carbocycles. The van der Waals surface area contributed by atoms with Crippen molar-refractivity contribution in [3.05, 3.63) is 36.0 Å². The molecule has 0 N–H and O–H groups in total. The second-order valence-corrected chi connectivity index (χ2v) is 6.42. The van der Waals surface area contributed by atoms with E-state index in [0.717, 1.165) is 46.7 Å². The van der Waals surface area contributed by atoms with Gasteiger partial charge in [-0.2, -0.15) is 0 Å². The summed E-state index contributed by atoms with van der Waals surface area (Å²) in [6.07, 6.45) is 2.88. The Morgan fingerprint density at radius 2 is 2.18 bits per heavy atom. The van der Waals surface area contributed by atoms with Crippen molar-refractivity contribution >= 4 is 28.1 Å². The Morgan fingerprint density at radius 1 is 1.36 bits per heavy atom. The van der Waals surface area contributed by atoms with E-state index in [4.69, 9.17) is 17.0 Å². The molecule has 1 aromatic heterocycles. The normalized spacial score (nSPS) is 18.3. The molecule has 3 rings (SSSR count). The first-order valence-corrected chi connectivity index (χ1v) is 7.91. The Morgan fingerprint density at radius 3 is 2.95 bits per heavy atom. The van der Waals surface area contributed by atoms with Gasteiger partial charge in [-0.15, -0.1) is 0 Å². The topological polar surface area (TPSA) is 28.6 Å². The van der Waals surface area contributed by atoms with Crippen molar-refractivity contribution in [2.45, 2.75) is 12.5 Å². The Balaban J connectivity index is 2.03. The van der Waals surface area contributed by atoms with Crippen LogP contribution in [0.2, 0.25) is 0 Å². The molecule has 1 atom stereocenters. The summed E-state index contributed by atoms with van der Waals surface area (Å²) >= 11 is 5.63. The van der Waals surface area contributed by atoms with Gasteiger partial charge >= 0.3 is 0 Å². The van der Waals surface area contributed by atoms with Crippen LogP contribution in [0.5, 0.6) is 5.75 Å². The van der Waals surface area contributed by atoms with Crippen LogP contribution in [0.25, 0.3) is 10.9 Å². The highest BCUT2D eigenvalue weighted by molar-refractivity contribution is 7.80. The first-order chi connectivity index (χ1) is 10.6. The summed E-state index contributed by atoms with van der Waals surface area (Å²) < 4.78 is 6.34. The summed E-state index contributed by atoms with van der Waals surface area (Å²) in [7, 11) is 6.19. The van der Waals surface area contributed by atoms with Gasteiger partial charge in [-0.3, -0.25) is 4.98 Å². The van der Waals surface area contributed by atoms with Crippen LogP contribution in [0.15, 0.2) is 30.5 Å². The van der Waals surface area contributed by atoms with Gasteiger partial charge in [0.2, 0.25) is 0 Å². The minimum atomic E-state index is 0.110. The highest BCUT2D eigenvalue weighted by Gasteiger charge is 2.26. The number of likely N-dealkylation sites (N-methyl/N-ethyl adjacent to an activating group) is 1. The molecule has 116 valence electrons. The third kappa shape index (κ3) is 2.91. The van der Waals surface area contributed by atoms with E-state index in [1.165, 1.54) is 0 Å². The zero-order valence-corrected chi connectivity index (χ0v) is 14.1. The molecule has 0 amide bonds. The quantitative estimate of drug-likeness (QED) is 0.812. The fraction of sp³-hybridized carbons (Fsp3) is 0.412. The third-order valence-corrected chi connectivity index (χ3v) is 4.50. The van der Waals surface area contributed by atoms with Crippen LogP contribution in [-0.4, -0.2) is 60.1 Å². The molecule has 0 aliphatic carbocycles. The first kappa shape index (κ1) is 15.2. The van der Waals surface area contributed by atoms with Crippen LogP contribution in [0.3, 0.4) is 0 Å². The van der Waals surface area contributed by atoms with Crippen molar-refractivity contribution in [1.29, 1.82) is 0 Å². The summed E-state index contributed by atoms with van der Waals surface area (Å²) in [5.74, 6) is 0.830. The molecule has 0 saturated heterocycles.